The number of phenolic OH excluding ortho intramolecular Hbond substituents is 1. The second-order valence-electron chi connectivity index (χ2n) is 2.90. The molecule has 0 amide bonds. The molecule has 0 aliphatic carbocycles. The van der Waals surface area contributed by atoms with Gasteiger partial charge in [0.2, 0.25) is 0 Å². The molecular formula is C10H15NO. The third-order valence-electron chi connectivity index (χ3n) is 1.85. The number of rotatable bonds is 3. The maximum absolute atomic E-state index is 9.37. The lowest BCUT2D eigenvalue weighted by atomic mass is 10.1. The zero-order valence-electron chi connectivity index (χ0n) is 7.59. The number of phenols is 1. The highest BCUT2D eigenvalue weighted by Crippen LogP contribution is 2.16. The van der Waals surface area contributed by atoms with Gasteiger partial charge in [-0.3, -0.25) is 0 Å². The van der Waals surface area contributed by atoms with Gasteiger partial charge in [0.05, 0.1) is 0 Å². The average Bonchev–Trinajstić information content (AvgIpc) is 2.07. The molecular weight excluding hydrogens is 150 g/mol. The second kappa shape index (κ2) is 4.12. The summed E-state index contributed by atoms with van der Waals surface area (Å²) in [5, 5.41) is 12.6. The van der Waals surface area contributed by atoms with Gasteiger partial charge in [-0.2, -0.15) is 0 Å². The summed E-state index contributed by atoms with van der Waals surface area (Å²) >= 11 is 0. The van der Waals surface area contributed by atoms with Crippen LogP contribution in [0.2, 0.25) is 0 Å². The van der Waals surface area contributed by atoms with Gasteiger partial charge >= 0.3 is 0 Å². The Bertz CT molecular complexity index is 258. The van der Waals surface area contributed by atoms with Crippen molar-refractivity contribution in [3.05, 3.63) is 29.3 Å². The molecule has 0 heterocycles. The molecule has 0 aliphatic rings. The average molecular weight is 165 g/mol. The van der Waals surface area contributed by atoms with E-state index in [1.54, 1.807) is 6.07 Å². The molecule has 12 heavy (non-hydrogen) atoms. The summed E-state index contributed by atoms with van der Waals surface area (Å²) in [5.41, 5.74) is 2.05. The van der Waals surface area contributed by atoms with Crippen LogP contribution in [0.5, 0.6) is 5.75 Å². The van der Waals surface area contributed by atoms with Crippen molar-refractivity contribution < 1.29 is 5.11 Å². The van der Waals surface area contributed by atoms with Crippen LogP contribution in [-0.4, -0.2) is 11.7 Å². The minimum absolute atomic E-state index is 0.380. The Morgan fingerprint density at radius 2 is 2.17 bits per heavy atom. The zero-order chi connectivity index (χ0) is 8.97. The Morgan fingerprint density at radius 1 is 1.42 bits per heavy atom. The SMILES string of the molecule is CCNCc1ccc(C)c(O)c1. The van der Waals surface area contributed by atoms with Crippen LogP contribution in [0.4, 0.5) is 0 Å². The summed E-state index contributed by atoms with van der Waals surface area (Å²) in [7, 11) is 0. The summed E-state index contributed by atoms with van der Waals surface area (Å²) < 4.78 is 0. The molecule has 0 fully saturated rings. The Morgan fingerprint density at radius 3 is 2.75 bits per heavy atom. The van der Waals surface area contributed by atoms with Crippen molar-refractivity contribution in [1.29, 1.82) is 0 Å². The van der Waals surface area contributed by atoms with Crippen LogP contribution in [0.25, 0.3) is 0 Å². The minimum atomic E-state index is 0.380. The van der Waals surface area contributed by atoms with Crippen LogP contribution >= 0.6 is 0 Å². The molecule has 66 valence electrons. The minimum Gasteiger partial charge on any atom is -0.508 e. The first-order valence-electron chi connectivity index (χ1n) is 4.23. The molecule has 0 atom stereocenters. The van der Waals surface area contributed by atoms with E-state index in [9.17, 15) is 5.11 Å². The molecule has 0 bridgehead atoms. The summed E-state index contributed by atoms with van der Waals surface area (Å²) in [6, 6.07) is 5.76. The number of hydrogen-bond donors (Lipinski definition) is 2. The van der Waals surface area contributed by atoms with Crippen molar-refractivity contribution in [3.63, 3.8) is 0 Å². The number of hydrogen-bond acceptors (Lipinski definition) is 2. The predicted molar refractivity (Wildman–Crippen MR) is 50.2 cm³/mol. The van der Waals surface area contributed by atoms with Gasteiger partial charge in [-0.1, -0.05) is 19.1 Å². The third kappa shape index (κ3) is 2.24. The first kappa shape index (κ1) is 9.07. The van der Waals surface area contributed by atoms with Gasteiger partial charge in [0, 0.05) is 6.54 Å². The van der Waals surface area contributed by atoms with Crippen molar-refractivity contribution in [2.45, 2.75) is 20.4 Å². The lowest BCUT2D eigenvalue weighted by Gasteiger charge is -2.04. The van der Waals surface area contributed by atoms with Gasteiger partial charge in [0.15, 0.2) is 0 Å². The summed E-state index contributed by atoms with van der Waals surface area (Å²) in [6.45, 7) is 5.74. The van der Waals surface area contributed by atoms with Crippen LogP contribution in [0.15, 0.2) is 18.2 Å². The molecule has 0 saturated carbocycles. The Balaban J connectivity index is 2.69. The fourth-order valence-corrected chi connectivity index (χ4v) is 1.03. The van der Waals surface area contributed by atoms with Crippen molar-refractivity contribution in [3.8, 4) is 5.75 Å². The molecule has 2 heteroatoms. The molecule has 0 unspecified atom stereocenters. The molecule has 1 rings (SSSR count). The van der Waals surface area contributed by atoms with Crippen LogP contribution in [-0.2, 0) is 6.54 Å². The van der Waals surface area contributed by atoms with Gasteiger partial charge in [0.25, 0.3) is 0 Å². The second-order valence-corrected chi connectivity index (χ2v) is 2.90. The topological polar surface area (TPSA) is 32.3 Å². The Hall–Kier alpha value is -1.02. The maximum atomic E-state index is 9.37. The fraction of sp³-hybridized carbons (Fsp3) is 0.400. The van der Waals surface area contributed by atoms with Gasteiger partial charge in [-0.15, -0.1) is 0 Å². The Kier molecular flexibility index (Phi) is 3.11. The summed E-state index contributed by atoms with van der Waals surface area (Å²) in [6.07, 6.45) is 0. The maximum Gasteiger partial charge on any atom is 0.118 e. The molecule has 2 nitrogen and oxygen atoms in total. The Labute approximate surface area is 73.2 Å². The first-order valence-corrected chi connectivity index (χ1v) is 4.23. The van der Waals surface area contributed by atoms with Gasteiger partial charge in [-0.25, -0.2) is 0 Å². The monoisotopic (exact) mass is 165 g/mol. The van der Waals surface area contributed by atoms with E-state index in [4.69, 9.17) is 0 Å². The van der Waals surface area contributed by atoms with E-state index in [-0.39, 0.29) is 0 Å². The molecule has 0 spiro atoms. The van der Waals surface area contributed by atoms with Gasteiger partial charge in [-0.05, 0) is 30.7 Å². The zero-order valence-corrected chi connectivity index (χ0v) is 7.59. The number of nitrogens with one attached hydrogen (secondary N) is 1. The highest BCUT2D eigenvalue weighted by molar-refractivity contribution is 5.35. The predicted octanol–water partition coefficient (Wildman–Crippen LogP) is 1.81. The number of aromatic hydroxyl groups is 1. The lowest BCUT2D eigenvalue weighted by molar-refractivity contribution is 0.470. The lowest BCUT2D eigenvalue weighted by Crippen LogP contribution is -2.11. The standard InChI is InChI=1S/C10H15NO/c1-3-11-7-9-5-4-8(2)10(12)6-9/h4-6,11-12H,3,7H2,1-2H3. The molecule has 0 saturated heterocycles. The van der Waals surface area contributed by atoms with E-state index < -0.39 is 0 Å². The van der Waals surface area contributed by atoms with Crippen molar-refractivity contribution in [2.75, 3.05) is 6.54 Å². The quantitative estimate of drug-likeness (QED) is 0.716. The fourth-order valence-electron chi connectivity index (χ4n) is 1.03. The van der Waals surface area contributed by atoms with Crippen LogP contribution in [0.1, 0.15) is 18.1 Å². The summed E-state index contributed by atoms with van der Waals surface area (Å²) in [4.78, 5) is 0. The smallest absolute Gasteiger partial charge is 0.118 e. The van der Waals surface area contributed by atoms with E-state index in [0.717, 1.165) is 24.2 Å². The molecule has 1 aromatic rings. The molecule has 1 aromatic carbocycles. The number of benzene rings is 1. The number of aryl methyl sites for hydroxylation is 1. The summed E-state index contributed by atoms with van der Waals surface area (Å²) in [5.74, 6) is 0.380. The van der Waals surface area contributed by atoms with E-state index in [0.29, 0.717) is 5.75 Å². The van der Waals surface area contributed by atoms with E-state index in [1.165, 1.54) is 0 Å². The highest BCUT2D eigenvalue weighted by Gasteiger charge is 1.96. The van der Waals surface area contributed by atoms with Crippen LogP contribution in [0, 0.1) is 6.92 Å². The molecule has 0 aliphatic heterocycles. The largest absolute Gasteiger partial charge is 0.508 e. The molecule has 0 radical (unpaired) electrons. The molecule has 0 aromatic heterocycles. The van der Waals surface area contributed by atoms with Gasteiger partial charge in [0.1, 0.15) is 5.75 Å². The van der Waals surface area contributed by atoms with Crippen molar-refractivity contribution in [2.24, 2.45) is 0 Å². The first-order chi connectivity index (χ1) is 5.74. The van der Waals surface area contributed by atoms with Crippen molar-refractivity contribution >= 4 is 0 Å². The van der Waals surface area contributed by atoms with E-state index in [2.05, 4.69) is 12.2 Å². The normalized spacial score (nSPS) is 10.2. The highest BCUT2D eigenvalue weighted by atomic mass is 16.3. The van der Waals surface area contributed by atoms with Crippen LogP contribution < -0.4 is 5.32 Å². The van der Waals surface area contributed by atoms with E-state index >= 15 is 0 Å². The van der Waals surface area contributed by atoms with E-state index in [1.807, 2.05) is 19.1 Å². The van der Waals surface area contributed by atoms with Crippen LogP contribution in [0.3, 0.4) is 0 Å². The van der Waals surface area contributed by atoms with Gasteiger partial charge < -0.3 is 10.4 Å². The molecule has 2 N–H and O–H groups in total. The van der Waals surface area contributed by atoms with Crippen molar-refractivity contribution in [1.82, 2.24) is 5.32 Å². The third-order valence-corrected chi connectivity index (χ3v) is 1.85.